The molecule has 3 heteroatoms. The second-order valence-corrected chi connectivity index (χ2v) is 4.20. The largest absolute Gasteiger partial charge is 0.481 e. The van der Waals surface area contributed by atoms with Crippen LogP contribution in [0.5, 0.6) is 0 Å². The topological polar surface area (TPSA) is 49.3 Å². The molecule has 0 aromatic heterocycles. The summed E-state index contributed by atoms with van der Waals surface area (Å²) < 4.78 is 0. The van der Waals surface area contributed by atoms with Gasteiger partial charge in [0.1, 0.15) is 0 Å². The van der Waals surface area contributed by atoms with E-state index in [9.17, 15) is 4.79 Å². The zero-order valence-corrected chi connectivity index (χ0v) is 7.76. The van der Waals surface area contributed by atoms with Gasteiger partial charge in [-0.05, 0) is 24.8 Å². The monoisotopic (exact) mass is 171 g/mol. The van der Waals surface area contributed by atoms with Crippen molar-refractivity contribution in [2.75, 3.05) is 6.54 Å². The van der Waals surface area contributed by atoms with Crippen LogP contribution in [0.4, 0.5) is 0 Å². The van der Waals surface area contributed by atoms with Crippen molar-refractivity contribution in [2.24, 2.45) is 5.41 Å². The highest BCUT2D eigenvalue weighted by atomic mass is 16.4. The SMILES string of the molecule is CC1(C)CC1NCCCC(=O)O. The average molecular weight is 171 g/mol. The van der Waals surface area contributed by atoms with Crippen LogP contribution < -0.4 is 5.32 Å². The highest BCUT2D eigenvalue weighted by molar-refractivity contribution is 5.66. The molecule has 0 spiro atoms. The lowest BCUT2D eigenvalue weighted by Crippen LogP contribution is -2.22. The summed E-state index contributed by atoms with van der Waals surface area (Å²) in [7, 11) is 0. The summed E-state index contributed by atoms with van der Waals surface area (Å²) in [6, 6.07) is 0.617. The lowest BCUT2D eigenvalue weighted by molar-refractivity contribution is -0.137. The van der Waals surface area contributed by atoms with Crippen LogP contribution in [0.3, 0.4) is 0 Å². The van der Waals surface area contributed by atoms with Gasteiger partial charge in [-0.15, -0.1) is 0 Å². The van der Waals surface area contributed by atoms with Crippen LogP contribution in [0.25, 0.3) is 0 Å². The molecule has 1 atom stereocenters. The second-order valence-electron chi connectivity index (χ2n) is 4.20. The van der Waals surface area contributed by atoms with Gasteiger partial charge in [-0.2, -0.15) is 0 Å². The first-order valence-corrected chi connectivity index (χ1v) is 4.47. The van der Waals surface area contributed by atoms with Crippen molar-refractivity contribution in [1.29, 1.82) is 0 Å². The highest BCUT2D eigenvalue weighted by Gasteiger charge is 2.44. The molecule has 3 nitrogen and oxygen atoms in total. The fraction of sp³-hybridized carbons (Fsp3) is 0.889. The number of carboxylic acids is 1. The molecule has 0 amide bonds. The third-order valence-corrected chi connectivity index (χ3v) is 2.47. The van der Waals surface area contributed by atoms with E-state index in [2.05, 4.69) is 19.2 Å². The highest BCUT2D eigenvalue weighted by Crippen LogP contribution is 2.44. The van der Waals surface area contributed by atoms with Gasteiger partial charge in [-0.1, -0.05) is 13.8 Å². The van der Waals surface area contributed by atoms with Gasteiger partial charge in [-0.3, -0.25) is 4.79 Å². The quantitative estimate of drug-likeness (QED) is 0.612. The third kappa shape index (κ3) is 2.81. The lowest BCUT2D eigenvalue weighted by Gasteiger charge is -2.04. The number of rotatable bonds is 5. The maximum absolute atomic E-state index is 10.2. The second kappa shape index (κ2) is 3.44. The fourth-order valence-corrected chi connectivity index (χ4v) is 1.33. The van der Waals surface area contributed by atoms with Crippen molar-refractivity contribution in [3.8, 4) is 0 Å². The molecule has 0 radical (unpaired) electrons. The molecule has 1 rings (SSSR count). The van der Waals surface area contributed by atoms with Crippen molar-refractivity contribution >= 4 is 5.97 Å². The van der Waals surface area contributed by atoms with Gasteiger partial charge in [-0.25, -0.2) is 0 Å². The van der Waals surface area contributed by atoms with E-state index in [0.717, 1.165) is 13.0 Å². The first-order chi connectivity index (χ1) is 5.52. The molecule has 0 bridgehead atoms. The van der Waals surface area contributed by atoms with E-state index in [1.54, 1.807) is 0 Å². The zero-order chi connectivity index (χ0) is 9.19. The van der Waals surface area contributed by atoms with Gasteiger partial charge in [0.25, 0.3) is 0 Å². The lowest BCUT2D eigenvalue weighted by atomic mass is 10.2. The van der Waals surface area contributed by atoms with Crippen LogP contribution >= 0.6 is 0 Å². The summed E-state index contributed by atoms with van der Waals surface area (Å²) in [6.45, 7) is 5.28. The van der Waals surface area contributed by atoms with E-state index >= 15 is 0 Å². The minimum Gasteiger partial charge on any atom is -0.481 e. The zero-order valence-electron chi connectivity index (χ0n) is 7.76. The number of hydrogen-bond acceptors (Lipinski definition) is 2. The first-order valence-electron chi connectivity index (χ1n) is 4.47. The van der Waals surface area contributed by atoms with E-state index in [-0.39, 0.29) is 6.42 Å². The van der Waals surface area contributed by atoms with Crippen molar-refractivity contribution < 1.29 is 9.90 Å². The molecule has 70 valence electrons. The van der Waals surface area contributed by atoms with E-state index in [0.29, 0.717) is 11.5 Å². The summed E-state index contributed by atoms with van der Waals surface area (Å²) in [5.74, 6) is -0.702. The van der Waals surface area contributed by atoms with Crippen LogP contribution in [0, 0.1) is 5.41 Å². The number of hydrogen-bond donors (Lipinski definition) is 2. The number of carboxylic acid groups (broad SMARTS) is 1. The van der Waals surface area contributed by atoms with E-state index in [1.807, 2.05) is 0 Å². The smallest absolute Gasteiger partial charge is 0.303 e. The third-order valence-electron chi connectivity index (χ3n) is 2.47. The van der Waals surface area contributed by atoms with Crippen LogP contribution in [-0.2, 0) is 4.79 Å². The van der Waals surface area contributed by atoms with Crippen molar-refractivity contribution in [3.63, 3.8) is 0 Å². The van der Waals surface area contributed by atoms with Crippen LogP contribution in [0.15, 0.2) is 0 Å². The normalized spacial score (nSPS) is 25.3. The Kier molecular flexibility index (Phi) is 2.73. The van der Waals surface area contributed by atoms with Crippen LogP contribution in [-0.4, -0.2) is 23.7 Å². The summed E-state index contributed by atoms with van der Waals surface area (Å²) in [5, 5.41) is 11.7. The molecule has 12 heavy (non-hydrogen) atoms. The Labute approximate surface area is 73.2 Å². The summed E-state index contributed by atoms with van der Waals surface area (Å²) >= 11 is 0. The Bertz CT molecular complexity index is 177. The van der Waals surface area contributed by atoms with E-state index in [1.165, 1.54) is 6.42 Å². The van der Waals surface area contributed by atoms with Crippen molar-refractivity contribution in [2.45, 2.75) is 39.2 Å². The molecule has 1 aliphatic rings. The fourth-order valence-electron chi connectivity index (χ4n) is 1.33. The van der Waals surface area contributed by atoms with Gasteiger partial charge in [0, 0.05) is 12.5 Å². The van der Waals surface area contributed by atoms with E-state index < -0.39 is 5.97 Å². The number of nitrogens with one attached hydrogen (secondary N) is 1. The molecule has 1 aliphatic carbocycles. The molecule has 0 aromatic rings. The molecule has 1 unspecified atom stereocenters. The number of carbonyl (C=O) groups is 1. The molecular formula is C9H17NO2. The summed E-state index contributed by atoms with van der Waals surface area (Å²) in [5.41, 5.74) is 0.448. The van der Waals surface area contributed by atoms with Gasteiger partial charge in [0.05, 0.1) is 0 Å². The average Bonchev–Trinajstić information content (AvgIpc) is 2.51. The molecule has 1 saturated carbocycles. The maximum Gasteiger partial charge on any atom is 0.303 e. The molecule has 0 saturated heterocycles. The predicted molar refractivity (Wildman–Crippen MR) is 47.1 cm³/mol. The molecule has 0 heterocycles. The van der Waals surface area contributed by atoms with E-state index in [4.69, 9.17) is 5.11 Å². The predicted octanol–water partition coefficient (Wildman–Crippen LogP) is 1.24. The van der Waals surface area contributed by atoms with Crippen LogP contribution in [0.2, 0.25) is 0 Å². The maximum atomic E-state index is 10.2. The molecular weight excluding hydrogens is 154 g/mol. The van der Waals surface area contributed by atoms with Gasteiger partial charge >= 0.3 is 5.97 Å². The summed E-state index contributed by atoms with van der Waals surface area (Å²) in [6.07, 6.45) is 2.24. The minimum absolute atomic E-state index is 0.278. The Morgan fingerprint density at radius 2 is 2.25 bits per heavy atom. The minimum atomic E-state index is -0.702. The molecule has 2 N–H and O–H groups in total. The Hall–Kier alpha value is -0.570. The van der Waals surface area contributed by atoms with Gasteiger partial charge in [0.15, 0.2) is 0 Å². The Morgan fingerprint density at radius 1 is 1.67 bits per heavy atom. The number of aliphatic carboxylic acids is 1. The van der Waals surface area contributed by atoms with Gasteiger partial charge < -0.3 is 10.4 Å². The van der Waals surface area contributed by atoms with Crippen molar-refractivity contribution in [3.05, 3.63) is 0 Å². The van der Waals surface area contributed by atoms with Crippen molar-refractivity contribution in [1.82, 2.24) is 5.32 Å². The standard InChI is InChI=1S/C9H17NO2/c1-9(2)6-7(9)10-5-3-4-8(11)12/h7,10H,3-6H2,1-2H3,(H,11,12). The Morgan fingerprint density at radius 3 is 2.67 bits per heavy atom. The molecule has 0 aliphatic heterocycles. The molecule has 0 aromatic carbocycles. The Balaban J connectivity index is 1.94. The molecule has 1 fully saturated rings. The van der Waals surface area contributed by atoms with Crippen LogP contribution in [0.1, 0.15) is 33.1 Å². The first kappa shape index (κ1) is 9.52. The van der Waals surface area contributed by atoms with Gasteiger partial charge in [0.2, 0.25) is 0 Å². The summed E-state index contributed by atoms with van der Waals surface area (Å²) in [4.78, 5) is 10.2.